The number of hydrogen-bond acceptors (Lipinski definition) is 2. The van der Waals surface area contributed by atoms with Gasteiger partial charge in [0.05, 0.1) is 0 Å². The van der Waals surface area contributed by atoms with Crippen LogP contribution in [-0.4, -0.2) is 42.5 Å². The predicted molar refractivity (Wildman–Crippen MR) is 91.4 cm³/mol. The van der Waals surface area contributed by atoms with Crippen molar-refractivity contribution in [3.05, 3.63) is 61.2 Å². The Morgan fingerprint density at radius 3 is 2.19 bits per heavy atom. The Hall–Kier alpha value is -1.38. The molecule has 1 aromatic rings. The maximum atomic E-state index is 3.92. The summed E-state index contributed by atoms with van der Waals surface area (Å²) in [5, 5.41) is 0. The topological polar surface area (TPSA) is 6.48 Å². The Labute approximate surface area is 129 Å². The van der Waals surface area contributed by atoms with E-state index in [1.54, 1.807) is 0 Å². The quantitative estimate of drug-likeness (QED) is 0.668. The standard InChI is InChI=1S/C19H28N2/c1-3-13-21(14-4-2)19(18-11-7-5-8-12-18)17-20-15-9-6-10-16-20/h3-5,7-8,11-12,19H,1-2,6,9-10,13-17H2/t19-/m1/s1. The molecule has 0 amide bonds. The molecular weight excluding hydrogens is 256 g/mol. The van der Waals surface area contributed by atoms with E-state index in [4.69, 9.17) is 0 Å². The van der Waals surface area contributed by atoms with Crippen LogP contribution in [-0.2, 0) is 0 Å². The number of benzene rings is 1. The van der Waals surface area contributed by atoms with Gasteiger partial charge >= 0.3 is 0 Å². The average Bonchev–Trinajstić information content (AvgIpc) is 2.54. The van der Waals surface area contributed by atoms with Gasteiger partial charge < -0.3 is 4.90 Å². The molecule has 0 bridgehead atoms. The highest BCUT2D eigenvalue weighted by atomic mass is 15.2. The van der Waals surface area contributed by atoms with Crippen LogP contribution in [0, 0.1) is 0 Å². The monoisotopic (exact) mass is 284 g/mol. The molecule has 21 heavy (non-hydrogen) atoms. The highest BCUT2D eigenvalue weighted by molar-refractivity contribution is 5.20. The van der Waals surface area contributed by atoms with Crippen molar-refractivity contribution in [1.29, 1.82) is 0 Å². The first kappa shape index (κ1) is 16.0. The van der Waals surface area contributed by atoms with Crippen molar-refractivity contribution in [2.75, 3.05) is 32.7 Å². The number of likely N-dealkylation sites (tertiary alicyclic amines) is 1. The molecule has 1 heterocycles. The molecule has 0 radical (unpaired) electrons. The molecule has 1 aliphatic rings. The summed E-state index contributed by atoms with van der Waals surface area (Å²) in [6.07, 6.45) is 8.05. The van der Waals surface area contributed by atoms with Crippen molar-refractivity contribution in [3.63, 3.8) is 0 Å². The molecule has 1 aromatic carbocycles. The second-order valence-electron chi connectivity index (χ2n) is 5.82. The Bertz CT molecular complexity index is 410. The van der Waals surface area contributed by atoms with E-state index in [2.05, 4.69) is 53.3 Å². The number of nitrogens with zero attached hydrogens (tertiary/aromatic N) is 2. The normalized spacial score (nSPS) is 17.6. The zero-order valence-electron chi connectivity index (χ0n) is 13.1. The maximum Gasteiger partial charge on any atom is 0.0481 e. The lowest BCUT2D eigenvalue weighted by Gasteiger charge is -2.36. The van der Waals surface area contributed by atoms with E-state index in [0.29, 0.717) is 6.04 Å². The Kier molecular flexibility index (Phi) is 6.71. The molecule has 0 aliphatic carbocycles. The van der Waals surface area contributed by atoms with Crippen LogP contribution in [0.1, 0.15) is 30.9 Å². The van der Waals surface area contributed by atoms with Gasteiger partial charge in [-0.2, -0.15) is 0 Å². The van der Waals surface area contributed by atoms with Crippen LogP contribution in [0.15, 0.2) is 55.6 Å². The predicted octanol–water partition coefficient (Wildman–Crippen LogP) is 3.89. The van der Waals surface area contributed by atoms with Gasteiger partial charge in [0.1, 0.15) is 0 Å². The molecule has 0 aromatic heterocycles. The molecule has 1 atom stereocenters. The second kappa shape index (κ2) is 8.81. The second-order valence-corrected chi connectivity index (χ2v) is 5.82. The van der Waals surface area contributed by atoms with Gasteiger partial charge in [-0.05, 0) is 31.5 Å². The van der Waals surface area contributed by atoms with Crippen LogP contribution < -0.4 is 0 Å². The summed E-state index contributed by atoms with van der Waals surface area (Å²) >= 11 is 0. The van der Waals surface area contributed by atoms with E-state index in [1.807, 2.05) is 12.2 Å². The zero-order chi connectivity index (χ0) is 14.9. The molecule has 0 N–H and O–H groups in total. The van der Waals surface area contributed by atoms with Gasteiger partial charge in [0.2, 0.25) is 0 Å². The highest BCUT2D eigenvalue weighted by Crippen LogP contribution is 2.23. The largest absolute Gasteiger partial charge is 0.301 e. The first-order valence-electron chi connectivity index (χ1n) is 8.08. The van der Waals surface area contributed by atoms with Gasteiger partial charge in [-0.15, -0.1) is 13.2 Å². The van der Waals surface area contributed by atoms with Gasteiger partial charge in [0, 0.05) is 25.7 Å². The van der Waals surface area contributed by atoms with E-state index < -0.39 is 0 Å². The van der Waals surface area contributed by atoms with E-state index in [1.165, 1.54) is 37.9 Å². The van der Waals surface area contributed by atoms with E-state index in [-0.39, 0.29) is 0 Å². The summed E-state index contributed by atoms with van der Waals surface area (Å²) < 4.78 is 0. The van der Waals surface area contributed by atoms with Crippen molar-refractivity contribution in [2.45, 2.75) is 25.3 Å². The van der Waals surface area contributed by atoms with E-state index in [0.717, 1.165) is 19.6 Å². The Morgan fingerprint density at radius 1 is 1.00 bits per heavy atom. The smallest absolute Gasteiger partial charge is 0.0481 e. The molecule has 1 aliphatic heterocycles. The van der Waals surface area contributed by atoms with Crippen LogP contribution in [0.2, 0.25) is 0 Å². The van der Waals surface area contributed by atoms with E-state index >= 15 is 0 Å². The third-order valence-corrected chi connectivity index (χ3v) is 4.23. The fourth-order valence-electron chi connectivity index (χ4n) is 3.15. The van der Waals surface area contributed by atoms with Gasteiger partial charge in [-0.25, -0.2) is 0 Å². The maximum absolute atomic E-state index is 3.92. The van der Waals surface area contributed by atoms with Crippen LogP contribution in [0.4, 0.5) is 0 Å². The molecule has 2 heteroatoms. The minimum absolute atomic E-state index is 0.417. The lowest BCUT2D eigenvalue weighted by Crippen LogP contribution is -2.40. The minimum atomic E-state index is 0.417. The average molecular weight is 284 g/mol. The Balaban J connectivity index is 2.15. The van der Waals surface area contributed by atoms with E-state index in [9.17, 15) is 0 Å². The molecule has 0 spiro atoms. The molecule has 0 unspecified atom stereocenters. The van der Waals surface area contributed by atoms with Crippen molar-refractivity contribution in [1.82, 2.24) is 9.80 Å². The van der Waals surface area contributed by atoms with Crippen molar-refractivity contribution in [2.24, 2.45) is 0 Å². The zero-order valence-corrected chi connectivity index (χ0v) is 13.1. The van der Waals surface area contributed by atoms with Crippen molar-refractivity contribution < 1.29 is 0 Å². The fraction of sp³-hybridized carbons (Fsp3) is 0.474. The number of piperidine rings is 1. The first-order valence-corrected chi connectivity index (χ1v) is 8.08. The number of hydrogen-bond donors (Lipinski definition) is 0. The summed E-state index contributed by atoms with van der Waals surface area (Å²) in [6.45, 7) is 13.2. The molecule has 1 saturated heterocycles. The molecule has 0 saturated carbocycles. The minimum Gasteiger partial charge on any atom is -0.301 e. The van der Waals surface area contributed by atoms with Crippen LogP contribution in [0.3, 0.4) is 0 Å². The fourth-order valence-corrected chi connectivity index (χ4v) is 3.15. The molecule has 1 fully saturated rings. The SMILES string of the molecule is C=CCN(CC=C)[C@H](CN1CCCCC1)c1ccccc1. The van der Waals surface area contributed by atoms with Gasteiger partial charge in [0.25, 0.3) is 0 Å². The summed E-state index contributed by atoms with van der Waals surface area (Å²) in [5.41, 5.74) is 1.40. The summed E-state index contributed by atoms with van der Waals surface area (Å²) in [7, 11) is 0. The van der Waals surface area contributed by atoms with Crippen molar-refractivity contribution >= 4 is 0 Å². The van der Waals surface area contributed by atoms with Crippen LogP contribution in [0.5, 0.6) is 0 Å². The first-order chi connectivity index (χ1) is 10.3. The molecular formula is C19H28N2. The Morgan fingerprint density at radius 2 is 1.62 bits per heavy atom. The van der Waals surface area contributed by atoms with Crippen LogP contribution in [0.25, 0.3) is 0 Å². The molecule has 2 nitrogen and oxygen atoms in total. The van der Waals surface area contributed by atoms with Crippen molar-refractivity contribution in [3.8, 4) is 0 Å². The summed E-state index contributed by atoms with van der Waals surface area (Å²) in [5.74, 6) is 0. The lowest BCUT2D eigenvalue weighted by molar-refractivity contribution is 0.143. The van der Waals surface area contributed by atoms with Crippen LogP contribution >= 0.6 is 0 Å². The van der Waals surface area contributed by atoms with Gasteiger partial charge in [-0.1, -0.05) is 48.9 Å². The van der Waals surface area contributed by atoms with Gasteiger partial charge in [0.15, 0.2) is 0 Å². The lowest BCUT2D eigenvalue weighted by atomic mass is 10.0. The molecule has 114 valence electrons. The van der Waals surface area contributed by atoms with Gasteiger partial charge in [-0.3, -0.25) is 4.90 Å². The molecule has 2 rings (SSSR count). The third-order valence-electron chi connectivity index (χ3n) is 4.23. The summed E-state index contributed by atoms with van der Waals surface area (Å²) in [4.78, 5) is 5.07. The number of rotatable bonds is 8. The highest BCUT2D eigenvalue weighted by Gasteiger charge is 2.22. The summed E-state index contributed by atoms with van der Waals surface area (Å²) in [6, 6.07) is 11.3. The third kappa shape index (κ3) is 4.83.